The third kappa shape index (κ3) is 5.93. The lowest BCUT2D eigenvalue weighted by molar-refractivity contribution is 0.105. The Labute approximate surface area is 254 Å². The van der Waals surface area contributed by atoms with Gasteiger partial charge in [0.15, 0.2) is 0 Å². The number of para-hydroxylation sites is 1. The van der Waals surface area contributed by atoms with Gasteiger partial charge in [0.05, 0.1) is 27.3 Å². The molecule has 1 fully saturated rings. The van der Waals surface area contributed by atoms with E-state index in [2.05, 4.69) is 10.3 Å². The van der Waals surface area contributed by atoms with Crippen molar-refractivity contribution in [3.8, 4) is 11.3 Å². The van der Waals surface area contributed by atoms with Gasteiger partial charge in [-0.1, -0.05) is 78.3 Å². The maximum atomic E-state index is 13.6. The molecule has 1 aliphatic rings. The number of hydrogen-bond acceptors (Lipinski definition) is 6. The molecule has 1 saturated carbocycles. The van der Waals surface area contributed by atoms with Crippen molar-refractivity contribution >= 4 is 44.6 Å². The lowest BCUT2D eigenvalue weighted by Gasteiger charge is -2.36. The zero-order chi connectivity index (χ0) is 30.0. The molecule has 1 aliphatic carbocycles. The number of rotatable bonds is 8. The van der Waals surface area contributed by atoms with E-state index in [1.165, 1.54) is 15.1 Å². The zero-order valence-corrected chi connectivity index (χ0v) is 24.7. The second kappa shape index (κ2) is 12.1. The fourth-order valence-corrected chi connectivity index (χ4v) is 7.35. The molecular formula is C32H30ClN5O4S. The average molecular weight is 616 g/mol. The molecule has 9 nitrogen and oxygen atoms in total. The molecular weight excluding hydrogens is 586 g/mol. The Morgan fingerprint density at radius 2 is 1.70 bits per heavy atom. The summed E-state index contributed by atoms with van der Waals surface area (Å²) in [6, 6.07) is 24.9. The molecule has 5 aromatic rings. The fourth-order valence-electron chi connectivity index (χ4n) is 5.76. The third-order valence-corrected chi connectivity index (χ3v) is 9.80. The van der Waals surface area contributed by atoms with Crippen molar-refractivity contribution in [1.29, 1.82) is 0 Å². The van der Waals surface area contributed by atoms with Gasteiger partial charge in [0.2, 0.25) is 5.95 Å². The van der Waals surface area contributed by atoms with E-state index in [0.717, 1.165) is 24.8 Å². The number of benzene rings is 3. The summed E-state index contributed by atoms with van der Waals surface area (Å²) in [5, 5.41) is 14.4. The van der Waals surface area contributed by atoms with Crippen LogP contribution in [0, 0.1) is 0 Å². The molecule has 0 radical (unpaired) electrons. The Morgan fingerprint density at radius 1 is 1.00 bits per heavy atom. The van der Waals surface area contributed by atoms with E-state index in [-0.39, 0.29) is 22.0 Å². The normalized spacial score (nSPS) is 17.0. The van der Waals surface area contributed by atoms with E-state index < -0.39 is 16.1 Å². The summed E-state index contributed by atoms with van der Waals surface area (Å²) in [6.07, 6.45) is 5.19. The van der Waals surface area contributed by atoms with Gasteiger partial charge in [-0.15, -0.1) is 0 Å². The molecule has 0 spiro atoms. The Bertz CT molecular complexity index is 1870. The lowest BCUT2D eigenvalue weighted by Crippen LogP contribution is -2.44. The van der Waals surface area contributed by atoms with Gasteiger partial charge in [-0.3, -0.25) is 0 Å². The van der Waals surface area contributed by atoms with Crippen LogP contribution in [0.25, 0.3) is 22.2 Å². The van der Waals surface area contributed by atoms with Crippen LogP contribution < -0.4 is 5.32 Å². The average Bonchev–Trinajstić information content (AvgIpc) is 3.42. The molecule has 0 bridgehead atoms. The van der Waals surface area contributed by atoms with Crippen molar-refractivity contribution in [1.82, 2.24) is 18.8 Å². The minimum atomic E-state index is -3.88. The van der Waals surface area contributed by atoms with E-state index >= 15 is 0 Å². The maximum Gasteiger partial charge on any atom is 0.407 e. The molecule has 0 saturated heterocycles. The number of anilines is 1. The quantitative estimate of drug-likeness (QED) is 0.195. The van der Waals surface area contributed by atoms with Gasteiger partial charge in [-0.05, 0) is 49.4 Å². The molecule has 6 rings (SSSR count). The molecule has 3 aromatic carbocycles. The molecule has 2 heterocycles. The van der Waals surface area contributed by atoms with Gasteiger partial charge in [0.1, 0.15) is 0 Å². The van der Waals surface area contributed by atoms with Crippen LogP contribution in [-0.4, -0.2) is 50.5 Å². The highest BCUT2D eigenvalue weighted by Gasteiger charge is 2.30. The molecule has 0 unspecified atom stereocenters. The minimum absolute atomic E-state index is 0.0507. The van der Waals surface area contributed by atoms with Crippen molar-refractivity contribution < 1.29 is 18.3 Å². The number of amides is 1. The van der Waals surface area contributed by atoms with E-state index in [9.17, 15) is 18.3 Å². The van der Waals surface area contributed by atoms with E-state index in [0.29, 0.717) is 41.1 Å². The van der Waals surface area contributed by atoms with Crippen molar-refractivity contribution in [3.05, 3.63) is 108 Å². The number of nitrogens with one attached hydrogen (secondary N) is 1. The largest absolute Gasteiger partial charge is 0.465 e. The van der Waals surface area contributed by atoms with Gasteiger partial charge in [0.25, 0.3) is 10.0 Å². The van der Waals surface area contributed by atoms with Crippen molar-refractivity contribution in [2.45, 2.75) is 49.2 Å². The highest BCUT2D eigenvalue weighted by atomic mass is 35.5. The molecule has 0 aliphatic heterocycles. The number of halogens is 1. The van der Waals surface area contributed by atoms with Gasteiger partial charge < -0.3 is 15.3 Å². The van der Waals surface area contributed by atoms with Gasteiger partial charge >= 0.3 is 6.09 Å². The number of nitrogens with zero attached hydrogens (tertiary/aromatic N) is 4. The summed E-state index contributed by atoms with van der Waals surface area (Å²) in [6.45, 7) is 0.325. The van der Waals surface area contributed by atoms with Crippen LogP contribution in [0.3, 0.4) is 0 Å². The number of hydrogen-bond donors (Lipinski definition) is 2. The lowest BCUT2D eigenvalue weighted by atomic mass is 9.90. The monoisotopic (exact) mass is 615 g/mol. The Hall–Kier alpha value is -4.41. The highest BCUT2D eigenvalue weighted by molar-refractivity contribution is 7.90. The topological polar surface area (TPSA) is 117 Å². The number of aromatic nitrogens is 3. The van der Waals surface area contributed by atoms with Crippen LogP contribution in [0.1, 0.15) is 31.2 Å². The molecule has 43 heavy (non-hydrogen) atoms. The van der Waals surface area contributed by atoms with Gasteiger partial charge in [0, 0.05) is 35.8 Å². The summed E-state index contributed by atoms with van der Waals surface area (Å²) in [5.41, 5.74) is 2.42. The summed E-state index contributed by atoms with van der Waals surface area (Å²) in [4.78, 5) is 23.0. The SMILES string of the molecule is O=C(O)N(Cc1ccccc1)[C@H]1CCC[C@@H](Nc2ncc(Cl)c(-c3cn(S(=O)(=O)c4ccccc4)c4ccccc34)n2)C1. The standard InChI is InChI=1S/C32H30ClN5O4S/c33-28-19-34-31(35-23-12-9-13-24(18-23)37(32(39)40)20-22-10-3-1-4-11-22)36-30(28)27-21-38(29-17-8-7-16-26(27)29)43(41,42)25-14-5-2-6-15-25/h1-8,10-11,14-17,19,21,23-24H,9,12-13,18,20H2,(H,39,40)(H,34,35,36)/t23-,24+/m1/s1. The van der Waals surface area contributed by atoms with E-state index in [1.807, 2.05) is 42.5 Å². The Balaban J connectivity index is 1.28. The van der Waals surface area contributed by atoms with Crippen molar-refractivity contribution in [3.63, 3.8) is 0 Å². The predicted octanol–water partition coefficient (Wildman–Crippen LogP) is 6.89. The molecule has 2 N–H and O–H groups in total. The number of fused-ring (bicyclic) bond motifs is 1. The summed E-state index contributed by atoms with van der Waals surface area (Å²) < 4.78 is 28.5. The van der Waals surface area contributed by atoms with Crippen LogP contribution >= 0.6 is 11.6 Å². The van der Waals surface area contributed by atoms with Crippen LogP contribution in [-0.2, 0) is 16.6 Å². The summed E-state index contributed by atoms with van der Waals surface area (Å²) in [7, 11) is -3.88. The van der Waals surface area contributed by atoms with Crippen LogP contribution in [0.2, 0.25) is 5.02 Å². The molecule has 220 valence electrons. The molecule has 11 heteroatoms. The first-order valence-corrected chi connectivity index (χ1v) is 15.9. The van der Waals surface area contributed by atoms with Crippen molar-refractivity contribution in [2.24, 2.45) is 0 Å². The first-order chi connectivity index (χ1) is 20.8. The van der Waals surface area contributed by atoms with Crippen LogP contribution in [0.15, 0.2) is 102 Å². The number of carbonyl (C=O) groups is 1. The number of carboxylic acid groups (broad SMARTS) is 1. The summed E-state index contributed by atoms with van der Waals surface area (Å²) in [5.74, 6) is 0.345. The molecule has 1 amide bonds. The third-order valence-electron chi connectivity index (χ3n) is 7.84. The van der Waals surface area contributed by atoms with Gasteiger partial charge in [-0.2, -0.15) is 0 Å². The first-order valence-electron chi connectivity index (χ1n) is 14.0. The van der Waals surface area contributed by atoms with Crippen molar-refractivity contribution in [2.75, 3.05) is 5.32 Å². The van der Waals surface area contributed by atoms with E-state index in [4.69, 9.17) is 16.6 Å². The second-order valence-electron chi connectivity index (χ2n) is 10.6. The highest BCUT2D eigenvalue weighted by Crippen LogP contribution is 2.36. The van der Waals surface area contributed by atoms with Crippen LogP contribution in [0.5, 0.6) is 0 Å². The minimum Gasteiger partial charge on any atom is -0.465 e. The maximum absolute atomic E-state index is 13.6. The fraction of sp³-hybridized carbons (Fsp3) is 0.219. The van der Waals surface area contributed by atoms with Gasteiger partial charge in [-0.25, -0.2) is 27.2 Å². The first kappa shape index (κ1) is 28.7. The molecule has 2 aromatic heterocycles. The second-order valence-corrected chi connectivity index (χ2v) is 12.8. The smallest absolute Gasteiger partial charge is 0.407 e. The summed E-state index contributed by atoms with van der Waals surface area (Å²) >= 11 is 6.61. The Kier molecular flexibility index (Phi) is 8.05. The van der Waals surface area contributed by atoms with E-state index in [1.54, 1.807) is 48.7 Å². The predicted molar refractivity (Wildman–Crippen MR) is 167 cm³/mol. The Morgan fingerprint density at radius 3 is 2.44 bits per heavy atom. The zero-order valence-electron chi connectivity index (χ0n) is 23.2. The van der Waals surface area contributed by atoms with Crippen LogP contribution in [0.4, 0.5) is 10.7 Å². The molecule has 2 atom stereocenters.